The molecule has 7 nitrogen and oxygen atoms in total. The minimum Gasteiger partial charge on any atom is -0.460 e. The van der Waals surface area contributed by atoms with Crippen molar-refractivity contribution in [3.05, 3.63) is 5.82 Å². The van der Waals surface area contributed by atoms with Crippen LogP contribution in [0.15, 0.2) is 0 Å². The van der Waals surface area contributed by atoms with Gasteiger partial charge in [-0.05, 0) is 19.8 Å². The van der Waals surface area contributed by atoms with E-state index < -0.39 is 5.97 Å². The van der Waals surface area contributed by atoms with E-state index in [1.54, 1.807) is 6.92 Å². The maximum absolute atomic E-state index is 11.4. The summed E-state index contributed by atoms with van der Waals surface area (Å²) in [4.78, 5) is 26.4. The number of aromatic amines is 1. The second kappa shape index (κ2) is 4.30. The van der Waals surface area contributed by atoms with Crippen molar-refractivity contribution in [1.29, 1.82) is 0 Å². The van der Waals surface area contributed by atoms with Crippen molar-refractivity contribution in [1.82, 2.24) is 15.2 Å². The van der Waals surface area contributed by atoms with Crippen molar-refractivity contribution >= 4 is 17.8 Å². The summed E-state index contributed by atoms with van der Waals surface area (Å²) >= 11 is 0. The van der Waals surface area contributed by atoms with Gasteiger partial charge in [-0.1, -0.05) is 0 Å². The first-order valence-electron chi connectivity index (χ1n) is 5.11. The summed E-state index contributed by atoms with van der Waals surface area (Å²) in [7, 11) is 0. The average molecular weight is 224 g/mol. The summed E-state index contributed by atoms with van der Waals surface area (Å²) in [6.07, 6.45) is 1.81. The number of carbonyl (C=O) groups is 2. The van der Waals surface area contributed by atoms with Crippen molar-refractivity contribution in [2.45, 2.75) is 19.8 Å². The first kappa shape index (κ1) is 10.6. The molecule has 16 heavy (non-hydrogen) atoms. The Morgan fingerprint density at radius 2 is 2.31 bits per heavy atom. The number of anilines is 1. The van der Waals surface area contributed by atoms with Crippen LogP contribution in [0.1, 0.15) is 30.4 Å². The number of esters is 1. The molecule has 0 unspecified atom stereocenters. The number of rotatable bonds is 4. The van der Waals surface area contributed by atoms with Crippen LogP contribution in [0.25, 0.3) is 0 Å². The molecule has 0 aliphatic heterocycles. The molecule has 1 aromatic rings. The number of aromatic nitrogens is 3. The monoisotopic (exact) mass is 224 g/mol. The Morgan fingerprint density at radius 1 is 1.56 bits per heavy atom. The summed E-state index contributed by atoms with van der Waals surface area (Å²) in [5, 5.41) is 8.63. The van der Waals surface area contributed by atoms with E-state index in [0.29, 0.717) is 0 Å². The standard InChI is InChI=1S/C9H12N4O3/c1-2-16-8(15)6-10-9(13-12-6)11-7(14)5-3-4-5/h5H,2-4H2,1H3,(H2,10,11,12,13,14). The molecule has 1 aliphatic rings. The predicted octanol–water partition coefficient (Wildman–Crippen LogP) is 0.330. The zero-order chi connectivity index (χ0) is 11.5. The summed E-state index contributed by atoms with van der Waals surface area (Å²) in [5.74, 6) is -0.506. The molecule has 1 aliphatic carbocycles. The highest BCUT2D eigenvalue weighted by atomic mass is 16.5. The number of ether oxygens (including phenoxy) is 1. The van der Waals surface area contributed by atoms with Gasteiger partial charge in [-0.15, -0.1) is 5.10 Å². The van der Waals surface area contributed by atoms with Crippen LogP contribution >= 0.6 is 0 Å². The fraction of sp³-hybridized carbons (Fsp3) is 0.556. The van der Waals surface area contributed by atoms with Crippen LogP contribution in [0.2, 0.25) is 0 Å². The summed E-state index contributed by atoms with van der Waals surface area (Å²) in [6, 6.07) is 0. The SMILES string of the molecule is CCOC(=O)c1nc(NC(=O)C2CC2)n[nH]1. The molecule has 2 rings (SSSR count). The van der Waals surface area contributed by atoms with Crippen LogP contribution in [0.3, 0.4) is 0 Å². The molecule has 7 heteroatoms. The van der Waals surface area contributed by atoms with E-state index in [1.807, 2.05) is 0 Å². The molecule has 1 fully saturated rings. The average Bonchev–Trinajstić information content (AvgIpc) is 3.00. The Kier molecular flexibility index (Phi) is 2.84. The molecular formula is C9H12N4O3. The van der Waals surface area contributed by atoms with Crippen LogP contribution in [0.4, 0.5) is 5.95 Å². The van der Waals surface area contributed by atoms with E-state index in [0.717, 1.165) is 12.8 Å². The molecule has 0 saturated heterocycles. The number of H-pyrrole nitrogens is 1. The van der Waals surface area contributed by atoms with Gasteiger partial charge in [0.05, 0.1) is 6.61 Å². The number of amides is 1. The summed E-state index contributed by atoms with van der Waals surface area (Å²) in [5.41, 5.74) is 0. The van der Waals surface area contributed by atoms with E-state index in [2.05, 4.69) is 20.5 Å². The molecule has 0 atom stereocenters. The number of hydrogen-bond acceptors (Lipinski definition) is 5. The molecule has 1 saturated carbocycles. The van der Waals surface area contributed by atoms with E-state index in [9.17, 15) is 9.59 Å². The molecule has 0 radical (unpaired) electrons. The molecule has 0 spiro atoms. The molecule has 86 valence electrons. The van der Waals surface area contributed by atoms with E-state index in [-0.39, 0.29) is 30.2 Å². The third-order valence-electron chi connectivity index (χ3n) is 2.14. The van der Waals surface area contributed by atoms with Gasteiger partial charge < -0.3 is 4.74 Å². The van der Waals surface area contributed by atoms with Crippen molar-refractivity contribution in [3.8, 4) is 0 Å². The van der Waals surface area contributed by atoms with Crippen molar-refractivity contribution in [3.63, 3.8) is 0 Å². The highest BCUT2D eigenvalue weighted by molar-refractivity contribution is 5.93. The normalized spacial score (nSPS) is 14.6. The first-order chi connectivity index (χ1) is 7.70. The molecular weight excluding hydrogens is 212 g/mol. The van der Waals surface area contributed by atoms with E-state index in [1.165, 1.54) is 0 Å². The fourth-order valence-electron chi connectivity index (χ4n) is 1.17. The van der Waals surface area contributed by atoms with Crippen molar-refractivity contribution < 1.29 is 14.3 Å². The van der Waals surface area contributed by atoms with Gasteiger partial charge in [0.1, 0.15) is 0 Å². The second-order valence-electron chi connectivity index (χ2n) is 3.49. The lowest BCUT2D eigenvalue weighted by Crippen LogP contribution is -2.14. The van der Waals surface area contributed by atoms with Crippen molar-refractivity contribution in [2.75, 3.05) is 11.9 Å². The highest BCUT2D eigenvalue weighted by Gasteiger charge is 2.30. The van der Waals surface area contributed by atoms with Crippen molar-refractivity contribution in [2.24, 2.45) is 5.92 Å². The lowest BCUT2D eigenvalue weighted by Gasteiger charge is -1.96. The lowest BCUT2D eigenvalue weighted by atomic mass is 10.4. The third kappa shape index (κ3) is 2.36. The molecule has 1 heterocycles. The maximum Gasteiger partial charge on any atom is 0.375 e. The van der Waals surface area contributed by atoms with Crippen LogP contribution in [-0.2, 0) is 9.53 Å². The third-order valence-corrected chi connectivity index (χ3v) is 2.14. The van der Waals surface area contributed by atoms with Crippen LogP contribution < -0.4 is 5.32 Å². The zero-order valence-electron chi connectivity index (χ0n) is 8.82. The maximum atomic E-state index is 11.4. The Hall–Kier alpha value is -1.92. The Balaban J connectivity index is 1.95. The number of hydrogen-bond donors (Lipinski definition) is 2. The van der Waals surface area contributed by atoms with Gasteiger partial charge in [-0.2, -0.15) is 4.98 Å². The molecule has 0 aromatic carbocycles. The van der Waals surface area contributed by atoms with E-state index in [4.69, 9.17) is 4.74 Å². The molecule has 0 bridgehead atoms. The summed E-state index contributed by atoms with van der Waals surface area (Å²) in [6.45, 7) is 1.97. The Labute approximate surface area is 91.6 Å². The van der Waals surface area contributed by atoms with E-state index >= 15 is 0 Å². The molecule has 1 aromatic heterocycles. The van der Waals surface area contributed by atoms with Gasteiger partial charge in [-0.3, -0.25) is 15.2 Å². The van der Waals surface area contributed by atoms with Gasteiger partial charge >= 0.3 is 5.97 Å². The van der Waals surface area contributed by atoms with Gasteiger partial charge in [0.2, 0.25) is 17.7 Å². The second-order valence-corrected chi connectivity index (χ2v) is 3.49. The quantitative estimate of drug-likeness (QED) is 0.718. The van der Waals surface area contributed by atoms with Crippen LogP contribution in [0.5, 0.6) is 0 Å². The van der Waals surface area contributed by atoms with Crippen LogP contribution in [0, 0.1) is 5.92 Å². The first-order valence-corrected chi connectivity index (χ1v) is 5.11. The Morgan fingerprint density at radius 3 is 2.94 bits per heavy atom. The van der Waals surface area contributed by atoms with Gasteiger partial charge in [-0.25, -0.2) is 4.79 Å². The Bertz CT molecular complexity index is 411. The highest BCUT2D eigenvalue weighted by Crippen LogP contribution is 2.29. The molecule has 1 amide bonds. The lowest BCUT2D eigenvalue weighted by molar-refractivity contribution is -0.117. The van der Waals surface area contributed by atoms with Gasteiger partial charge in [0.25, 0.3) is 0 Å². The van der Waals surface area contributed by atoms with Gasteiger partial charge in [0.15, 0.2) is 0 Å². The summed E-state index contributed by atoms with van der Waals surface area (Å²) < 4.78 is 4.72. The smallest absolute Gasteiger partial charge is 0.375 e. The fourth-order valence-corrected chi connectivity index (χ4v) is 1.17. The minimum atomic E-state index is -0.582. The predicted molar refractivity (Wildman–Crippen MR) is 53.7 cm³/mol. The molecule has 2 N–H and O–H groups in total. The zero-order valence-corrected chi connectivity index (χ0v) is 8.82. The minimum absolute atomic E-state index is 0.00653. The van der Waals surface area contributed by atoms with Gasteiger partial charge in [0, 0.05) is 5.92 Å². The van der Waals surface area contributed by atoms with Crippen LogP contribution in [-0.4, -0.2) is 33.7 Å². The number of nitrogens with zero attached hydrogens (tertiary/aromatic N) is 2. The number of carbonyl (C=O) groups excluding carboxylic acids is 2. The number of nitrogens with one attached hydrogen (secondary N) is 2. The topological polar surface area (TPSA) is 97.0 Å². The largest absolute Gasteiger partial charge is 0.460 e.